The van der Waals surface area contributed by atoms with Gasteiger partial charge in [-0.05, 0) is 39.9 Å². The predicted molar refractivity (Wildman–Crippen MR) is 82.9 cm³/mol. The summed E-state index contributed by atoms with van der Waals surface area (Å²) in [5, 5.41) is 12.0. The van der Waals surface area contributed by atoms with E-state index in [-0.39, 0.29) is 0 Å². The van der Waals surface area contributed by atoms with Crippen LogP contribution < -0.4 is 11.1 Å². The Hall–Kier alpha value is -0.240. The minimum Gasteiger partial charge on any atom is -0.480 e. The van der Waals surface area contributed by atoms with Crippen molar-refractivity contribution in [2.24, 2.45) is 0 Å². The lowest BCUT2D eigenvalue weighted by molar-refractivity contribution is -0.138. The van der Waals surface area contributed by atoms with Crippen LogP contribution in [0.15, 0.2) is 21.1 Å². The third kappa shape index (κ3) is 4.46. The van der Waals surface area contributed by atoms with Gasteiger partial charge in [0.05, 0.1) is 5.69 Å². The maximum absolute atomic E-state index is 11.0. The number of rotatable bonds is 6. The quantitative estimate of drug-likeness (QED) is 0.643. The number of carbonyl (C=O) groups is 1. The highest BCUT2D eigenvalue weighted by Gasteiger charge is 2.16. The van der Waals surface area contributed by atoms with Crippen molar-refractivity contribution in [2.45, 2.75) is 12.6 Å². The van der Waals surface area contributed by atoms with Crippen molar-refractivity contribution >= 4 is 55.3 Å². The van der Waals surface area contributed by atoms with Gasteiger partial charge in [0.2, 0.25) is 0 Å². The lowest BCUT2D eigenvalue weighted by Gasteiger charge is -2.15. The Morgan fingerprint density at radius 1 is 1.56 bits per heavy atom. The molecule has 0 saturated heterocycles. The fourth-order valence-corrected chi connectivity index (χ4v) is 3.31. The lowest BCUT2D eigenvalue weighted by Crippen LogP contribution is -2.38. The first-order valence-electron chi connectivity index (χ1n) is 5.14. The second-order valence-corrected chi connectivity index (χ2v) is 6.37. The van der Waals surface area contributed by atoms with Crippen molar-refractivity contribution in [1.82, 2.24) is 5.32 Å². The van der Waals surface area contributed by atoms with Gasteiger partial charge in [0.25, 0.3) is 0 Å². The number of nitrogen functional groups attached to an aromatic ring is 1. The third-order valence-electron chi connectivity index (χ3n) is 2.35. The summed E-state index contributed by atoms with van der Waals surface area (Å²) in [6.45, 7) is 0.418. The summed E-state index contributed by atoms with van der Waals surface area (Å²) in [6, 6.07) is 3.16. The molecule has 7 heteroatoms. The van der Waals surface area contributed by atoms with E-state index in [1.165, 1.54) is 11.8 Å². The van der Waals surface area contributed by atoms with Crippen molar-refractivity contribution in [3.63, 3.8) is 0 Å². The minimum atomic E-state index is -0.850. The molecule has 0 bridgehead atoms. The van der Waals surface area contributed by atoms with Gasteiger partial charge in [0.15, 0.2) is 0 Å². The van der Waals surface area contributed by atoms with Crippen molar-refractivity contribution in [2.75, 3.05) is 17.7 Å². The summed E-state index contributed by atoms with van der Waals surface area (Å²) in [6.07, 6.45) is 1.88. The Morgan fingerprint density at radius 3 is 2.78 bits per heavy atom. The molecule has 4 nitrogen and oxygen atoms in total. The Morgan fingerprint density at radius 2 is 2.22 bits per heavy atom. The van der Waals surface area contributed by atoms with Crippen LogP contribution in [-0.4, -0.2) is 29.1 Å². The molecule has 0 spiro atoms. The van der Waals surface area contributed by atoms with Crippen LogP contribution in [0.3, 0.4) is 0 Å². The average molecular weight is 398 g/mol. The number of hydrogen-bond acceptors (Lipinski definition) is 4. The monoisotopic (exact) mass is 396 g/mol. The van der Waals surface area contributed by atoms with Crippen LogP contribution in [0.25, 0.3) is 0 Å². The highest BCUT2D eigenvalue weighted by Crippen LogP contribution is 2.28. The van der Waals surface area contributed by atoms with Crippen LogP contribution in [0, 0.1) is 0 Å². The van der Waals surface area contributed by atoms with Crippen molar-refractivity contribution in [1.29, 1.82) is 0 Å². The Bertz CT molecular complexity index is 443. The van der Waals surface area contributed by atoms with Gasteiger partial charge in [-0.3, -0.25) is 10.1 Å². The zero-order valence-corrected chi connectivity index (χ0v) is 13.7. The van der Waals surface area contributed by atoms with Crippen molar-refractivity contribution in [3.8, 4) is 0 Å². The zero-order valence-electron chi connectivity index (χ0n) is 9.74. The van der Waals surface area contributed by atoms with Gasteiger partial charge < -0.3 is 10.8 Å². The molecule has 0 aliphatic heterocycles. The molecular weight excluding hydrogens is 384 g/mol. The van der Waals surface area contributed by atoms with Gasteiger partial charge in [0.1, 0.15) is 6.04 Å². The molecule has 0 fully saturated rings. The maximum atomic E-state index is 11.0. The molecule has 1 unspecified atom stereocenters. The molecule has 1 aromatic rings. The van der Waals surface area contributed by atoms with E-state index in [2.05, 4.69) is 37.2 Å². The van der Waals surface area contributed by atoms with E-state index in [1.807, 2.05) is 18.4 Å². The molecule has 0 aliphatic rings. The normalized spacial score (nSPS) is 12.4. The van der Waals surface area contributed by atoms with E-state index in [0.717, 1.165) is 14.5 Å². The lowest BCUT2D eigenvalue weighted by atomic mass is 10.1. The summed E-state index contributed by atoms with van der Waals surface area (Å²) in [5.41, 5.74) is 7.42. The van der Waals surface area contributed by atoms with E-state index in [0.29, 0.717) is 18.0 Å². The summed E-state index contributed by atoms with van der Waals surface area (Å²) >= 11 is 8.23. The number of halogens is 2. The minimum absolute atomic E-state index is 0.418. The second-order valence-electron chi connectivity index (χ2n) is 3.69. The Kier molecular flexibility index (Phi) is 6.48. The van der Waals surface area contributed by atoms with Gasteiger partial charge in [-0.25, -0.2) is 0 Å². The number of hydrogen-bond donors (Lipinski definition) is 3. The van der Waals surface area contributed by atoms with Crippen molar-refractivity contribution in [3.05, 3.63) is 26.6 Å². The number of anilines is 1. The first-order valence-corrected chi connectivity index (χ1v) is 8.12. The smallest absolute Gasteiger partial charge is 0.321 e. The molecule has 100 valence electrons. The third-order valence-corrected chi connectivity index (χ3v) is 4.13. The van der Waals surface area contributed by atoms with E-state index in [1.54, 1.807) is 0 Å². The fourth-order valence-electron chi connectivity index (χ4n) is 1.40. The molecule has 4 N–H and O–H groups in total. The first kappa shape index (κ1) is 15.8. The topological polar surface area (TPSA) is 75.3 Å². The molecule has 1 rings (SSSR count). The highest BCUT2D eigenvalue weighted by atomic mass is 79.9. The van der Waals surface area contributed by atoms with E-state index in [9.17, 15) is 4.79 Å². The van der Waals surface area contributed by atoms with Gasteiger partial charge in [-0.2, -0.15) is 11.8 Å². The van der Waals surface area contributed by atoms with Gasteiger partial charge >= 0.3 is 5.97 Å². The van der Waals surface area contributed by atoms with Gasteiger partial charge in [0, 0.05) is 21.2 Å². The van der Waals surface area contributed by atoms with E-state index < -0.39 is 12.0 Å². The molecule has 18 heavy (non-hydrogen) atoms. The van der Waals surface area contributed by atoms with Crippen LogP contribution in [0.5, 0.6) is 0 Å². The summed E-state index contributed by atoms with van der Waals surface area (Å²) in [5.74, 6) is -0.332. The summed E-state index contributed by atoms with van der Waals surface area (Å²) < 4.78 is 1.70. The Labute approximate surface area is 127 Å². The molecule has 1 atom stereocenters. The molecule has 0 amide bonds. The van der Waals surface area contributed by atoms with Gasteiger partial charge in [-0.15, -0.1) is 0 Å². The molecule has 1 aromatic carbocycles. The van der Waals surface area contributed by atoms with Gasteiger partial charge in [-0.1, -0.05) is 15.9 Å². The first-order chi connectivity index (χ1) is 8.45. The van der Waals surface area contributed by atoms with Crippen LogP contribution in [0.4, 0.5) is 5.69 Å². The number of benzene rings is 1. The summed E-state index contributed by atoms with van der Waals surface area (Å²) in [7, 11) is 0. The molecule has 0 heterocycles. The van der Waals surface area contributed by atoms with Crippen LogP contribution in [-0.2, 0) is 11.3 Å². The van der Waals surface area contributed by atoms with Crippen LogP contribution >= 0.6 is 43.6 Å². The number of nitrogens with one attached hydrogen (secondary N) is 1. The zero-order chi connectivity index (χ0) is 13.7. The second kappa shape index (κ2) is 7.37. The SMILES string of the molecule is CSCC(NCc1cc(Br)cc(Br)c1N)C(=O)O. The van der Waals surface area contributed by atoms with E-state index in [4.69, 9.17) is 10.8 Å². The molecular formula is C11H14Br2N2O2S. The number of thioether (sulfide) groups is 1. The summed E-state index contributed by atoms with van der Waals surface area (Å²) in [4.78, 5) is 11.0. The van der Waals surface area contributed by atoms with Crippen LogP contribution in [0.2, 0.25) is 0 Å². The highest BCUT2D eigenvalue weighted by molar-refractivity contribution is 9.11. The molecule has 0 saturated carbocycles. The Balaban J connectivity index is 2.76. The standard InChI is InChI=1S/C11H14Br2N2O2S/c1-18-5-9(11(16)17)15-4-6-2-7(12)3-8(13)10(6)14/h2-3,9,15H,4-5,14H2,1H3,(H,16,17). The molecule has 0 aromatic heterocycles. The predicted octanol–water partition coefficient (Wildman–Crippen LogP) is 2.70. The maximum Gasteiger partial charge on any atom is 0.321 e. The fraction of sp³-hybridized carbons (Fsp3) is 0.364. The number of nitrogens with two attached hydrogens (primary N) is 1. The van der Waals surface area contributed by atoms with E-state index >= 15 is 0 Å². The van der Waals surface area contributed by atoms with Crippen molar-refractivity contribution < 1.29 is 9.90 Å². The number of carboxylic acid groups (broad SMARTS) is 1. The largest absolute Gasteiger partial charge is 0.480 e. The molecule has 0 aliphatic carbocycles. The number of aliphatic carboxylic acids is 1. The van der Waals surface area contributed by atoms with Crippen LogP contribution in [0.1, 0.15) is 5.56 Å². The number of carboxylic acids is 1. The average Bonchev–Trinajstić information content (AvgIpc) is 2.29. The molecule has 0 radical (unpaired) electrons.